The summed E-state index contributed by atoms with van der Waals surface area (Å²) in [6.07, 6.45) is 2.77. The van der Waals surface area contributed by atoms with Crippen LogP contribution in [0.1, 0.15) is 24.8 Å². The summed E-state index contributed by atoms with van der Waals surface area (Å²) in [5, 5.41) is 0. The van der Waals surface area contributed by atoms with Crippen molar-refractivity contribution in [2.24, 2.45) is 11.8 Å². The van der Waals surface area contributed by atoms with Gasteiger partial charge in [-0.15, -0.1) is 0 Å². The summed E-state index contributed by atoms with van der Waals surface area (Å²) < 4.78 is 0. The van der Waals surface area contributed by atoms with Gasteiger partial charge < -0.3 is 0 Å². The minimum Gasteiger partial charge on any atom is -0.300 e. The molecule has 0 unspecified atom stereocenters. The largest absolute Gasteiger partial charge is 0.300 e. The average Bonchev–Trinajstić information content (AvgIpc) is 2.71. The zero-order valence-electron chi connectivity index (χ0n) is 10.1. The van der Waals surface area contributed by atoms with Crippen LogP contribution in [-0.2, 0) is 11.3 Å². The number of likely N-dealkylation sites (tertiary alicyclic amines) is 1. The third-order valence-electron chi connectivity index (χ3n) is 4.18. The maximum Gasteiger partial charge on any atom is 0.133 e. The number of fused-ring (bicyclic) bond motifs is 1. The number of carbonyl (C=O) groups is 1. The van der Waals surface area contributed by atoms with Gasteiger partial charge in [-0.1, -0.05) is 30.3 Å². The van der Waals surface area contributed by atoms with Crippen molar-refractivity contribution in [3.8, 4) is 0 Å². The molecule has 2 atom stereocenters. The second-order valence-electron chi connectivity index (χ2n) is 5.48. The lowest BCUT2D eigenvalue weighted by molar-refractivity contribution is -0.122. The van der Waals surface area contributed by atoms with Crippen LogP contribution >= 0.6 is 0 Å². The Labute approximate surface area is 103 Å². The normalized spacial score (nSPS) is 29.3. The standard InChI is InChI=1S/C15H19NO/c17-15-7-6-13-10-16(11-14(13)8-15)9-12-4-2-1-3-5-12/h1-5,13-14H,6-11H2/t13-,14+/m0/s1. The lowest BCUT2D eigenvalue weighted by Crippen LogP contribution is -2.23. The molecule has 0 spiro atoms. The van der Waals surface area contributed by atoms with Crippen molar-refractivity contribution < 1.29 is 4.79 Å². The molecule has 0 radical (unpaired) electrons. The Balaban J connectivity index is 1.62. The first-order valence-corrected chi connectivity index (χ1v) is 6.59. The summed E-state index contributed by atoms with van der Waals surface area (Å²) in [5.74, 6) is 1.89. The predicted molar refractivity (Wildman–Crippen MR) is 67.6 cm³/mol. The van der Waals surface area contributed by atoms with Gasteiger partial charge in [-0.3, -0.25) is 9.69 Å². The molecule has 0 N–H and O–H groups in total. The first-order chi connectivity index (χ1) is 8.31. The maximum atomic E-state index is 11.5. The summed E-state index contributed by atoms with van der Waals surface area (Å²) in [6.45, 7) is 3.35. The fourth-order valence-corrected chi connectivity index (χ4v) is 3.31. The molecule has 1 aliphatic carbocycles. The summed E-state index contributed by atoms with van der Waals surface area (Å²) in [7, 11) is 0. The Bertz CT molecular complexity index is 401. The molecule has 2 aliphatic rings. The average molecular weight is 229 g/mol. The summed E-state index contributed by atoms with van der Waals surface area (Å²) in [6, 6.07) is 10.6. The van der Waals surface area contributed by atoms with E-state index in [1.54, 1.807) is 0 Å². The molecule has 1 saturated carbocycles. The van der Waals surface area contributed by atoms with Gasteiger partial charge in [0.1, 0.15) is 5.78 Å². The maximum absolute atomic E-state index is 11.5. The monoisotopic (exact) mass is 229 g/mol. The molecule has 2 heteroatoms. The van der Waals surface area contributed by atoms with E-state index in [1.165, 1.54) is 12.1 Å². The Morgan fingerprint density at radius 2 is 1.88 bits per heavy atom. The zero-order chi connectivity index (χ0) is 11.7. The highest BCUT2D eigenvalue weighted by Crippen LogP contribution is 2.35. The van der Waals surface area contributed by atoms with E-state index in [1.807, 2.05) is 0 Å². The van der Waals surface area contributed by atoms with Gasteiger partial charge in [-0.2, -0.15) is 0 Å². The topological polar surface area (TPSA) is 20.3 Å². The van der Waals surface area contributed by atoms with Crippen molar-refractivity contribution in [3.63, 3.8) is 0 Å². The number of benzene rings is 1. The van der Waals surface area contributed by atoms with Gasteiger partial charge in [0.2, 0.25) is 0 Å². The van der Waals surface area contributed by atoms with Gasteiger partial charge in [0.05, 0.1) is 0 Å². The molecule has 0 bridgehead atoms. The minimum absolute atomic E-state index is 0.479. The van der Waals surface area contributed by atoms with Crippen molar-refractivity contribution in [2.45, 2.75) is 25.8 Å². The Morgan fingerprint density at radius 1 is 1.12 bits per heavy atom. The molecular weight excluding hydrogens is 210 g/mol. The van der Waals surface area contributed by atoms with E-state index in [0.29, 0.717) is 11.7 Å². The Kier molecular flexibility index (Phi) is 2.98. The first kappa shape index (κ1) is 11.0. The van der Waals surface area contributed by atoms with Gasteiger partial charge >= 0.3 is 0 Å². The molecule has 1 aromatic rings. The number of ketones is 1. The van der Waals surface area contributed by atoms with Crippen LogP contribution < -0.4 is 0 Å². The van der Waals surface area contributed by atoms with Crippen LogP contribution in [0.15, 0.2) is 30.3 Å². The van der Waals surface area contributed by atoms with E-state index in [-0.39, 0.29) is 0 Å². The lowest BCUT2D eigenvalue weighted by Gasteiger charge is -2.22. The molecule has 1 saturated heterocycles. The quantitative estimate of drug-likeness (QED) is 0.776. The number of hydrogen-bond acceptors (Lipinski definition) is 2. The SMILES string of the molecule is O=C1CC[C@H]2CN(Cc3ccccc3)C[C@H]2C1. The third kappa shape index (κ3) is 2.42. The van der Waals surface area contributed by atoms with Gasteiger partial charge in [0, 0.05) is 32.5 Å². The van der Waals surface area contributed by atoms with Crippen LogP contribution in [0, 0.1) is 11.8 Å². The highest BCUT2D eigenvalue weighted by molar-refractivity contribution is 5.79. The Morgan fingerprint density at radius 3 is 2.71 bits per heavy atom. The van der Waals surface area contributed by atoms with Crippen molar-refractivity contribution in [2.75, 3.05) is 13.1 Å². The van der Waals surface area contributed by atoms with Crippen LogP contribution in [0.4, 0.5) is 0 Å². The van der Waals surface area contributed by atoms with Crippen molar-refractivity contribution in [1.29, 1.82) is 0 Å². The highest BCUT2D eigenvalue weighted by atomic mass is 16.1. The number of nitrogens with zero attached hydrogens (tertiary/aromatic N) is 1. The summed E-state index contributed by atoms with van der Waals surface area (Å²) in [4.78, 5) is 14.0. The molecule has 0 aromatic heterocycles. The highest BCUT2D eigenvalue weighted by Gasteiger charge is 2.36. The molecule has 3 rings (SSSR count). The number of carbonyl (C=O) groups excluding carboxylic acids is 1. The first-order valence-electron chi connectivity index (χ1n) is 6.59. The van der Waals surface area contributed by atoms with Crippen LogP contribution in [0.2, 0.25) is 0 Å². The minimum atomic E-state index is 0.479. The van der Waals surface area contributed by atoms with E-state index in [2.05, 4.69) is 35.2 Å². The van der Waals surface area contributed by atoms with E-state index in [9.17, 15) is 4.79 Å². The molecule has 1 aliphatic heterocycles. The molecule has 2 nitrogen and oxygen atoms in total. The summed E-state index contributed by atoms with van der Waals surface area (Å²) >= 11 is 0. The van der Waals surface area contributed by atoms with E-state index in [0.717, 1.165) is 38.3 Å². The number of hydrogen-bond donors (Lipinski definition) is 0. The predicted octanol–water partition coefficient (Wildman–Crippen LogP) is 2.49. The summed E-state index contributed by atoms with van der Waals surface area (Å²) in [5.41, 5.74) is 1.39. The second-order valence-corrected chi connectivity index (χ2v) is 5.48. The molecular formula is C15H19NO. The molecule has 2 fully saturated rings. The Hall–Kier alpha value is -1.15. The number of Topliss-reactive ketones (excluding diaryl/α,β-unsaturated/α-hetero) is 1. The van der Waals surface area contributed by atoms with Crippen LogP contribution in [-0.4, -0.2) is 23.8 Å². The van der Waals surface area contributed by atoms with Gasteiger partial charge in [-0.05, 0) is 23.8 Å². The fourth-order valence-electron chi connectivity index (χ4n) is 3.31. The number of rotatable bonds is 2. The van der Waals surface area contributed by atoms with E-state index < -0.39 is 0 Å². The molecule has 1 heterocycles. The lowest BCUT2D eigenvalue weighted by atomic mass is 9.81. The second kappa shape index (κ2) is 4.61. The van der Waals surface area contributed by atoms with Crippen molar-refractivity contribution in [1.82, 2.24) is 4.90 Å². The fraction of sp³-hybridized carbons (Fsp3) is 0.533. The van der Waals surface area contributed by atoms with Gasteiger partial charge in [0.25, 0.3) is 0 Å². The smallest absolute Gasteiger partial charge is 0.133 e. The van der Waals surface area contributed by atoms with Crippen LogP contribution in [0.25, 0.3) is 0 Å². The molecule has 17 heavy (non-hydrogen) atoms. The van der Waals surface area contributed by atoms with Crippen molar-refractivity contribution >= 4 is 5.78 Å². The molecule has 0 amide bonds. The van der Waals surface area contributed by atoms with Gasteiger partial charge in [-0.25, -0.2) is 0 Å². The van der Waals surface area contributed by atoms with Crippen LogP contribution in [0.5, 0.6) is 0 Å². The molecule has 1 aromatic carbocycles. The van der Waals surface area contributed by atoms with Crippen LogP contribution in [0.3, 0.4) is 0 Å². The zero-order valence-corrected chi connectivity index (χ0v) is 10.1. The van der Waals surface area contributed by atoms with E-state index in [4.69, 9.17) is 0 Å². The van der Waals surface area contributed by atoms with Gasteiger partial charge in [0.15, 0.2) is 0 Å². The third-order valence-corrected chi connectivity index (χ3v) is 4.18. The van der Waals surface area contributed by atoms with Crippen molar-refractivity contribution in [3.05, 3.63) is 35.9 Å². The molecule has 90 valence electrons. The van der Waals surface area contributed by atoms with E-state index >= 15 is 0 Å².